The molecule has 128 valence electrons. The molecule has 2 atom stereocenters. The molecule has 2 saturated heterocycles. The quantitative estimate of drug-likeness (QED) is 0.885. The smallest absolute Gasteiger partial charge is 0.343 e. The molecule has 2 aliphatic rings. The lowest BCUT2D eigenvalue weighted by Gasteiger charge is -2.27. The Morgan fingerprint density at radius 2 is 1.96 bits per heavy atom. The number of hydrogen-bond donors (Lipinski definition) is 1. The van der Waals surface area contributed by atoms with E-state index in [1.54, 1.807) is 30.3 Å². The van der Waals surface area contributed by atoms with Crippen molar-refractivity contribution in [2.75, 3.05) is 24.7 Å². The predicted molar refractivity (Wildman–Crippen MR) is 86.4 cm³/mol. The second-order valence-corrected chi connectivity index (χ2v) is 6.94. The number of amides is 2. The van der Waals surface area contributed by atoms with Gasteiger partial charge in [-0.15, -0.1) is 11.8 Å². The van der Waals surface area contributed by atoms with Crippen LogP contribution in [0.15, 0.2) is 30.3 Å². The van der Waals surface area contributed by atoms with Gasteiger partial charge in [-0.2, -0.15) is 0 Å². The number of rotatable bonds is 3. The lowest BCUT2D eigenvalue weighted by Crippen LogP contribution is -2.49. The van der Waals surface area contributed by atoms with Crippen molar-refractivity contribution in [3.63, 3.8) is 0 Å². The van der Waals surface area contributed by atoms with Crippen molar-refractivity contribution in [1.82, 2.24) is 9.80 Å². The highest BCUT2D eigenvalue weighted by Gasteiger charge is 2.49. The normalized spacial score (nSPS) is 26.6. The number of carboxylic acids is 1. The molecule has 0 bridgehead atoms. The van der Waals surface area contributed by atoms with Crippen LogP contribution in [0.3, 0.4) is 0 Å². The molecule has 24 heavy (non-hydrogen) atoms. The molecule has 1 N–H and O–H groups in total. The summed E-state index contributed by atoms with van der Waals surface area (Å²) in [4.78, 5) is 38.9. The van der Waals surface area contributed by atoms with E-state index in [1.165, 1.54) is 21.6 Å². The zero-order chi connectivity index (χ0) is 17.3. The van der Waals surface area contributed by atoms with E-state index in [-0.39, 0.29) is 24.8 Å². The van der Waals surface area contributed by atoms with Crippen LogP contribution in [0.1, 0.15) is 16.8 Å². The van der Waals surface area contributed by atoms with Crippen LogP contribution in [-0.2, 0) is 9.59 Å². The van der Waals surface area contributed by atoms with Gasteiger partial charge in [0.25, 0.3) is 5.91 Å². The molecule has 3 rings (SSSR count). The molecule has 0 aliphatic carbocycles. The first-order chi connectivity index (χ1) is 11.4. The molecule has 2 fully saturated rings. The fraction of sp³-hybridized carbons (Fsp3) is 0.438. The minimum Gasteiger partial charge on any atom is -0.479 e. The summed E-state index contributed by atoms with van der Waals surface area (Å²) in [5, 5.41) is 8.94. The van der Waals surface area contributed by atoms with E-state index in [4.69, 9.17) is 5.11 Å². The number of benzene rings is 1. The van der Waals surface area contributed by atoms with Crippen LogP contribution in [0, 0.1) is 0 Å². The summed E-state index contributed by atoms with van der Waals surface area (Å²) in [6.07, 6.45) is -0.222. The second-order valence-electron chi connectivity index (χ2n) is 5.94. The number of likely N-dealkylation sites (tertiary alicyclic amines) is 1. The van der Waals surface area contributed by atoms with Gasteiger partial charge >= 0.3 is 5.97 Å². The van der Waals surface area contributed by atoms with Gasteiger partial charge in [0.2, 0.25) is 11.6 Å². The number of nitrogens with zero attached hydrogens (tertiary/aromatic N) is 2. The maximum atomic E-state index is 14.2. The molecule has 0 radical (unpaired) electrons. The summed E-state index contributed by atoms with van der Waals surface area (Å²) in [6, 6.07) is 7.98. The van der Waals surface area contributed by atoms with Gasteiger partial charge in [0, 0.05) is 24.3 Å². The summed E-state index contributed by atoms with van der Waals surface area (Å²) in [5.74, 6) is -1.36. The summed E-state index contributed by atoms with van der Waals surface area (Å²) in [7, 11) is 0. The van der Waals surface area contributed by atoms with Gasteiger partial charge in [-0.3, -0.25) is 9.59 Å². The van der Waals surface area contributed by atoms with E-state index < -0.39 is 24.2 Å². The lowest BCUT2D eigenvalue weighted by molar-refractivity contribution is -0.150. The Labute approximate surface area is 142 Å². The average molecular weight is 352 g/mol. The number of halogens is 1. The van der Waals surface area contributed by atoms with Crippen LogP contribution in [0.4, 0.5) is 4.39 Å². The molecule has 2 unspecified atom stereocenters. The van der Waals surface area contributed by atoms with Gasteiger partial charge in [-0.25, -0.2) is 9.18 Å². The molecular formula is C16H17FN2O4S. The second kappa shape index (κ2) is 6.43. The van der Waals surface area contributed by atoms with Gasteiger partial charge < -0.3 is 14.9 Å². The number of alkyl halides is 1. The Morgan fingerprint density at radius 1 is 1.25 bits per heavy atom. The van der Waals surface area contributed by atoms with E-state index in [0.717, 1.165) is 0 Å². The molecule has 0 aromatic heterocycles. The molecule has 8 heteroatoms. The third-order valence-electron chi connectivity index (χ3n) is 4.36. The Balaban J connectivity index is 1.73. The van der Waals surface area contributed by atoms with E-state index in [2.05, 4.69) is 0 Å². The van der Waals surface area contributed by atoms with Gasteiger partial charge in [-0.05, 0) is 12.1 Å². The molecule has 2 heterocycles. The average Bonchev–Trinajstić information content (AvgIpc) is 3.22. The fourth-order valence-corrected chi connectivity index (χ4v) is 4.09. The van der Waals surface area contributed by atoms with Gasteiger partial charge in [-0.1, -0.05) is 18.2 Å². The summed E-state index contributed by atoms with van der Waals surface area (Å²) in [5.41, 5.74) is -1.90. The molecule has 2 amide bonds. The highest BCUT2D eigenvalue weighted by molar-refractivity contribution is 7.99. The zero-order valence-electron chi connectivity index (χ0n) is 12.9. The number of thioether (sulfide) groups is 1. The first-order valence-electron chi connectivity index (χ1n) is 7.57. The largest absolute Gasteiger partial charge is 0.479 e. The number of carbonyl (C=O) groups excluding carboxylic acids is 2. The Kier molecular flexibility index (Phi) is 4.49. The van der Waals surface area contributed by atoms with Gasteiger partial charge in [0.1, 0.15) is 6.04 Å². The van der Waals surface area contributed by atoms with Crippen molar-refractivity contribution >= 4 is 29.5 Å². The third-order valence-corrected chi connectivity index (χ3v) is 5.38. The van der Waals surface area contributed by atoms with E-state index in [9.17, 15) is 18.8 Å². The molecule has 6 nitrogen and oxygen atoms in total. The maximum absolute atomic E-state index is 14.2. The first-order valence-corrected chi connectivity index (χ1v) is 8.73. The third kappa shape index (κ3) is 2.98. The minimum absolute atomic E-state index is 0.0518. The van der Waals surface area contributed by atoms with E-state index in [1.807, 2.05) is 0 Å². The molecule has 0 spiro atoms. The van der Waals surface area contributed by atoms with Gasteiger partial charge in [0.05, 0.1) is 12.4 Å². The topological polar surface area (TPSA) is 77.9 Å². The van der Waals surface area contributed by atoms with Crippen LogP contribution in [0.5, 0.6) is 0 Å². The van der Waals surface area contributed by atoms with Crippen molar-refractivity contribution in [2.24, 2.45) is 0 Å². The van der Waals surface area contributed by atoms with Gasteiger partial charge in [0.15, 0.2) is 0 Å². The van der Waals surface area contributed by atoms with Crippen molar-refractivity contribution < 1.29 is 23.9 Å². The van der Waals surface area contributed by atoms with Crippen molar-refractivity contribution in [3.05, 3.63) is 35.9 Å². The Bertz CT molecular complexity index is 671. The van der Waals surface area contributed by atoms with Crippen molar-refractivity contribution in [2.45, 2.75) is 18.1 Å². The lowest BCUT2D eigenvalue weighted by atomic mass is 10.1. The predicted octanol–water partition coefficient (Wildman–Crippen LogP) is 1.23. The molecule has 2 aliphatic heterocycles. The van der Waals surface area contributed by atoms with Crippen molar-refractivity contribution in [3.8, 4) is 0 Å². The number of carbonyl (C=O) groups is 3. The van der Waals surface area contributed by atoms with Crippen LogP contribution in [-0.4, -0.2) is 69.1 Å². The highest BCUT2D eigenvalue weighted by atomic mass is 32.2. The number of aliphatic carboxylic acids is 1. The number of hydrogen-bond acceptors (Lipinski definition) is 4. The summed E-state index contributed by atoms with van der Waals surface area (Å²) >= 11 is 1.45. The number of carboxylic acid groups (broad SMARTS) is 1. The maximum Gasteiger partial charge on any atom is 0.343 e. The fourth-order valence-electron chi connectivity index (χ4n) is 2.94. The van der Waals surface area contributed by atoms with Crippen LogP contribution in [0.2, 0.25) is 0 Å². The standard InChI is InChI=1S/C16H17FN2O4S/c17-16(15(22)23)6-7-18(9-16)14(21)12-8-24-10-19(12)13(20)11-4-2-1-3-5-11/h1-5,12H,6-10H2,(H,22,23). The van der Waals surface area contributed by atoms with Crippen LogP contribution >= 0.6 is 11.8 Å². The Morgan fingerprint density at radius 3 is 2.58 bits per heavy atom. The summed E-state index contributed by atoms with van der Waals surface area (Å²) < 4.78 is 14.2. The van der Waals surface area contributed by atoms with Crippen molar-refractivity contribution in [1.29, 1.82) is 0 Å². The summed E-state index contributed by atoms with van der Waals surface area (Å²) in [6.45, 7) is -0.411. The van der Waals surface area contributed by atoms with Crippen LogP contribution in [0.25, 0.3) is 0 Å². The van der Waals surface area contributed by atoms with Crippen LogP contribution < -0.4 is 0 Å². The highest BCUT2D eigenvalue weighted by Crippen LogP contribution is 2.30. The zero-order valence-corrected chi connectivity index (χ0v) is 13.7. The molecule has 0 saturated carbocycles. The Hall–Kier alpha value is -2.09. The minimum atomic E-state index is -2.39. The molecule has 1 aromatic rings. The van der Waals surface area contributed by atoms with E-state index in [0.29, 0.717) is 17.2 Å². The SMILES string of the molecule is O=C(C1CSCN1C(=O)c1ccccc1)N1CCC(F)(C(=O)O)C1. The van der Waals surface area contributed by atoms with E-state index >= 15 is 0 Å². The first kappa shape index (κ1) is 16.8. The monoisotopic (exact) mass is 352 g/mol. The molecular weight excluding hydrogens is 335 g/mol. The molecule has 1 aromatic carbocycles.